The van der Waals surface area contributed by atoms with E-state index in [1.54, 1.807) is 7.11 Å². The van der Waals surface area contributed by atoms with E-state index in [2.05, 4.69) is 35.9 Å². The molecule has 1 unspecified atom stereocenters. The summed E-state index contributed by atoms with van der Waals surface area (Å²) in [5.41, 5.74) is 1.20. The van der Waals surface area contributed by atoms with Crippen molar-refractivity contribution in [2.75, 3.05) is 13.7 Å². The Hall–Kier alpha value is -1.03. The summed E-state index contributed by atoms with van der Waals surface area (Å²) in [5.74, 6) is 0.909. The summed E-state index contributed by atoms with van der Waals surface area (Å²) in [4.78, 5) is 0. The number of ether oxygens (including phenoxy) is 1. The normalized spacial score (nSPS) is 12.6. The van der Waals surface area contributed by atoms with E-state index in [1.807, 2.05) is 6.20 Å². The summed E-state index contributed by atoms with van der Waals surface area (Å²) in [7, 11) is 1.73. The molecule has 0 saturated carbocycles. The van der Waals surface area contributed by atoms with Gasteiger partial charge in [-0.2, -0.15) is 5.10 Å². The Kier molecular flexibility index (Phi) is 8.35. The van der Waals surface area contributed by atoms with E-state index in [1.165, 1.54) is 37.8 Å². The monoisotopic (exact) mass is 281 g/mol. The smallest absolute Gasteiger partial charge is 0.161 e. The molecule has 20 heavy (non-hydrogen) atoms. The van der Waals surface area contributed by atoms with Crippen LogP contribution in [0.15, 0.2) is 6.20 Å². The van der Waals surface area contributed by atoms with E-state index in [0.717, 1.165) is 25.3 Å². The molecule has 0 bridgehead atoms. The molecule has 0 amide bonds. The van der Waals surface area contributed by atoms with Crippen LogP contribution in [0, 0.1) is 0 Å². The van der Waals surface area contributed by atoms with E-state index < -0.39 is 0 Å². The number of nitrogens with zero attached hydrogens (tertiary/aromatic N) is 2. The molecule has 1 aromatic heterocycles. The molecule has 1 heterocycles. The fourth-order valence-corrected chi connectivity index (χ4v) is 2.67. The first-order valence-corrected chi connectivity index (χ1v) is 8.11. The van der Waals surface area contributed by atoms with Crippen LogP contribution in [-0.4, -0.2) is 23.4 Å². The third kappa shape index (κ3) is 4.82. The average Bonchev–Trinajstić information content (AvgIpc) is 2.88. The molecule has 0 fully saturated rings. The van der Waals surface area contributed by atoms with Crippen molar-refractivity contribution in [1.82, 2.24) is 15.1 Å². The van der Waals surface area contributed by atoms with Gasteiger partial charge in [0.2, 0.25) is 0 Å². The number of unbranched alkanes of at least 4 members (excludes halogenated alkanes) is 4. The lowest BCUT2D eigenvalue weighted by Gasteiger charge is -2.20. The van der Waals surface area contributed by atoms with Gasteiger partial charge < -0.3 is 10.1 Å². The molecule has 1 aromatic rings. The standard InChI is InChI=1S/C16H31N3O/c1-5-8-9-10-11-12-14(17-6-2)16-15(20-4)13-18-19(16)7-3/h13-14,17H,5-12H2,1-4H3. The average molecular weight is 281 g/mol. The van der Waals surface area contributed by atoms with Crippen molar-refractivity contribution in [1.29, 1.82) is 0 Å². The van der Waals surface area contributed by atoms with E-state index in [9.17, 15) is 0 Å². The molecule has 0 saturated heterocycles. The Morgan fingerprint density at radius 1 is 1.20 bits per heavy atom. The Morgan fingerprint density at radius 3 is 2.55 bits per heavy atom. The number of aryl methyl sites for hydroxylation is 1. The zero-order chi connectivity index (χ0) is 14.8. The molecule has 1 N–H and O–H groups in total. The maximum atomic E-state index is 5.48. The maximum absolute atomic E-state index is 5.48. The van der Waals surface area contributed by atoms with Crippen LogP contribution >= 0.6 is 0 Å². The lowest BCUT2D eigenvalue weighted by molar-refractivity contribution is 0.382. The van der Waals surface area contributed by atoms with Crippen molar-refractivity contribution in [3.05, 3.63) is 11.9 Å². The Morgan fingerprint density at radius 2 is 1.95 bits per heavy atom. The number of nitrogens with one attached hydrogen (secondary N) is 1. The third-order valence-corrected chi connectivity index (χ3v) is 3.74. The second kappa shape index (κ2) is 9.81. The molecule has 0 aliphatic heterocycles. The zero-order valence-corrected chi connectivity index (χ0v) is 13.6. The molecule has 1 rings (SSSR count). The summed E-state index contributed by atoms with van der Waals surface area (Å²) in [6.45, 7) is 8.39. The minimum atomic E-state index is 0.346. The molecule has 116 valence electrons. The highest BCUT2D eigenvalue weighted by Crippen LogP contribution is 2.28. The highest BCUT2D eigenvalue weighted by Gasteiger charge is 2.20. The van der Waals surface area contributed by atoms with Gasteiger partial charge in [-0.25, -0.2) is 0 Å². The van der Waals surface area contributed by atoms with Gasteiger partial charge in [0.15, 0.2) is 5.75 Å². The van der Waals surface area contributed by atoms with Crippen molar-refractivity contribution < 1.29 is 4.74 Å². The van der Waals surface area contributed by atoms with E-state index in [4.69, 9.17) is 4.74 Å². The first kappa shape index (κ1) is 17.0. The second-order valence-corrected chi connectivity index (χ2v) is 5.23. The summed E-state index contributed by atoms with van der Waals surface area (Å²) in [6, 6.07) is 0.346. The molecule has 0 spiro atoms. The quantitative estimate of drug-likeness (QED) is 0.625. The van der Waals surface area contributed by atoms with Crippen LogP contribution in [0.25, 0.3) is 0 Å². The third-order valence-electron chi connectivity index (χ3n) is 3.74. The molecule has 1 atom stereocenters. The van der Waals surface area contributed by atoms with Gasteiger partial charge in [-0.3, -0.25) is 4.68 Å². The molecule has 0 aliphatic carbocycles. The second-order valence-electron chi connectivity index (χ2n) is 5.23. The van der Waals surface area contributed by atoms with E-state index >= 15 is 0 Å². The van der Waals surface area contributed by atoms with Gasteiger partial charge in [0.25, 0.3) is 0 Å². The van der Waals surface area contributed by atoms with Crippen LogP contribution < -0.4 is 10.1 Å². The van der Waals surface area contributed by atoms with Gasteiger partial charge in [0.1, 0.15) is 0 Å². The number of hydrogen-bond acceptors (Lipinski definition) is 3. The van der Waals surface area contributed by atoms with Gasteiger partial charge >= 0.3 is 0 Å². The maximum Gasteiger partial charge on any atom is 0.161 e. The molecule has 0 aromatic carbocycles. The van der Waals surface area contributed by atoms with Crippen molar-refractivity contribution in [2.45, 2.75) is 71.9 Å². The van der Waals surface area contributed by atoms with Crippen LogP contribution in [0.2, 0.25) is 0 Å². The summed E-state index contributed by atoms with van der Waals surface area (Å²) in [6.07, 6.45) is 9.56. The Labute approximate surface area is 123 Å². The fraction of sp³-hybridized carbons (Fsp3) is 0.812. The van der Waals surface area contributed by atoms with Crippen LogP contribution in [0.5, 0.6) is 5.75 Å². The van der Waals surface area contributed by atoms with Crippen LogP contribution in [0.1, 0.15) is 71.0 Å². The van der Waals surface area contributed by atoms with Crippen molar-refractivity contribution in [3.8, 4) is 5.75 Å². The molecule has 4 nitrogen and oxygen atoms in total. The topological polar surface area (TPSA) is 39.1 Å². The highest BCUT2D eigenvalue weighted by molar-refractivity contribution is 5.28. The van der Waals surface area contributed by atoms with Gasteiger partial charge in [0, 0.05) is 6.54 Å². The van der Waals surface area contributed by atoms with Crippen molar-refractivity contribution >= 4 is 0 Å². The van der Waals surface area contributed by atoms with Gasteiger partial charge in [-0.05, 0) is 19.9 Å². The minimum Gasteiger partial charge on any atom is -0.493 e. The van der Waals surface area contributed by atoms with Gasteiger partial charge in [-0.1, -0.05) is 46.0 Å². The molecular formula is C16H31N3O. The van der Waals surface area contributed by atoms with E-state index in [-0.39, 0.29) is 0 Å². The van der Waals surface area contributed by atoms with Gasteiger partial charge in [-0.15, -0.1) is 0 Å². The van der Waals surface area contributed by atoms with Gasteiger partial charge in [0.05, 0.1) is 25.0 Å². The molecular weight excluding hydrogens is 250 g/mol. The summed E-state index contributed by atoms with van der Waals surface area (Å²) < 4.78 is 7.53. The molecule has 4 heteroatoms. The minimum absolute atomic E-state index is 0.346. The van der Waals surface area contributed by atoms with Crippen molar-refractivity contribution in [2.24, 2.45) is 0 Å². The summed E-state index contributed by atoms with van der Waals surface area (Å²) >= 11 is 0. The first-order valence-electron chi connectivity index (χ1n) is 8.11. The number of aromatic nitrogens is 2. The SMILES string of the molecule is CCCCCCCC(NCC)c1c(OC)cnn1CC. The predicted octanol–water partition coefficient (Wildman–Crippen LogP) is 3.92. The fourth-order valence-electron chi connectivity index (χ4n) is 2.67. The Bertz CT molecular complexity index is 341. The number of methoxy groups -OCH3 is 1. The van der Waals surface area contributed by atoms with Crippen LogP contribution in [-0.2, 0) is 6.54 Å². The Balaban J connectivity index is 2.66. The van der Waals surface area contributed by atoms with Crippen molar-refractivity contribution in [3.63, 3.8) is 0 Å². The predicted molar refractivity (Wildman–Crippen MR) is 84.2 cm³/mol. The summed E-state index contributed by atoms with van der Waals surface area (Å²) in [5, 5.41) is 8.00. The van der Waals surface area contributed by atoms with Crippen LogP contribution in [0.3, 0.4) is 0 Å². The molecule has 0 radical (unpaired) electrons. The highest BCUT2D eigenvalue weighted by atomic mass is 16.5. The molecule has 0 aliphatic rings. The zero-order valence-electron chi connectivity index (χ0n) is 13.6. The first-order chi connectivity index (χ1) is 9.78. The van der Waals surface area contributed by atoms with Crippen LogP contribution in [0.4, 0.5) is 0 Å². The number of rotatable bonds is 11. The number of hydrogen-bond donors (Lipinski definition) is 1. The largest absolute Gasteiger partial charge is 0.493 e. The lowest BCUT2D eigenvalue weighted by atomic mass is 10.0. The lowest BCUT2D eigenvalue weighted by Crippen LogP contribution is -2.24. The van der Waals surface area contributed by atoms with E-state index in [0.29, 0.717) is 6.04 Å².